The van der Waals surface area contributed by atoms with Gasteiger partial charge < -0.3 is 9.53 Å². The fourth-order valence-electron chi connectivity index (χ4n) is 9.42. The molecule has 0 unspecified atom stereocenters. The normalized spacial score (nSPS) is 45.1. The average molecular weight is 490 g/mol. The Morgan fingerprint density at radius 2 is 1.75 bits per heavy atom. The third-order valence-corrected chi connectivity index (χ3v) is 11.7. The van der Waals surface area contributed by atoms with Crippen LogP contribution in [-0.2, 0) is 19.1 Å². The van der Waals surface area contributed by atoms with Crippen LogP contribution < -0.4 is 0 Å². The van der Waals surface area contributed by atoms with Crippen molar-refractivity contribution in [2.45, 2.75) is 79.6 Å². The quantitative estimate of drug-likeness (QED) is 0.248. The van der Waals surface area contributed by atoms with Crippen molar-refractivity contribution in [1.82, 2.24) is 0 Å². The minimum absolute atomic E-state index is 0.0580. The summed E-state index contributed by atoms with van der Waals surface area (Å²) in [5.41, 5.74) is -0.0888. The number of allylic oxidation sites excluding steroid dienone is 4. The van der Waals surface area contributed by atoms with E-state index >= 15 is 0 Å². The number of nitrogens with zero attached hydrogens (tertiary/aromatic N) is 1. The number of hydrogen-bond donors (Lipinski definition) is 0. The van der Waals surface area contributed by atoms with Gasteiger partial charge in [-0.1, -0.05) is 52.8 Å². The summed E-state index contributed by atoms with van der Waals surface area (Å²) in [5.74, 6) is -0.723. The van der Waals surface area contributed by atoms with Crippen molar-refractivity contribution in [2.24, 2.45) is 44.8 Å². The molecule has 0 spiro atoms. The first-order chi connectivity index (χ1) is 16.7. The number of ketones is 2. The molecule has 0 N–H and O–H groups in total. The smallest absolute Gasteiger partial charge is 0.312 e. The standard InChI is InChI=1S/C31H39NO4/c1-18-19-9-10-29(5)23(28(19,4)17-21(32-7)25(18)34)15-22(33)24-20-16-27(2,3)11-13-31(20,26(35)36-8)14-12-30(24,29)6/h15,17,19-20,24H,1,9-14,16H2,2-6,8H3/t19-,20-,24-,28-,29+,30+,31-/m0/s1. The average Bonchev–Trinajstić information content (AvgIpc) is 2.82. The molecule has 7 atom stereocenters. The van der Waals surface area contributed by atoms with Gasteiger partial charge >= 0.3 is 5.97 Å². The molecule has 3 fully saturated rings. The Morgan fingerprint density at radius 1 is 1.08 bits per heavy atom. The second-order valence-corrected chi connectivity index (χ2v) is 13.7. The molecule has 5 nitrogen and oxygen atoms in total. The third kappa shape index (κ3) is 2.91. The molecular formula is C31H39NO4. The monoisotopic (exact) mass is 489 g/mol. The minimum Gasteiger partial charge on any atom is -0.469 e. The highest BCUT2D eigenvalue weighted by molar-refractivity contribution is 6.11. The van der Waals surface area contributed by atoms with Crippen LogP contribution in [0.5, 0.6) is 0 Å². The van der Waals surface area contributed by atoms with Crippen molar-refractivity contribution in [3.8, 4) is 0 Å². The molecule has 0 aromatic carbocycles. The van der Waals surface area contributed by atoms with Gasteiger partial charge in [0.1, 0.15) is 0 Å². The van der Waals surface area contributed by atoms with Gasteiger partial charge in [-0.2, -0.15) is 0 Å². The van der Waals surface area contributed by atoms with Crippen LogP contribution in [0.1, 0.15) is 79.6 Å². The minimum atomic E-state index is -0.602. The third-order valence-electron chi connectivity index (χ3n) is 11.7. The number of methoxy groups -OCH3 is 1. The molecular weight excluding hydrogens is 450 g/mol. The number of rotatable bonds is 1. The Morgan fingerprint density at radius 3 is 2.39 bits per heavy atom. The van der Waals surface area contributed by atoms with Crippen LogP contribution in [-0.4, -0.2) is 24.6 Å². The first kappa shape index (κ1) is 25.2. The molecule has 3 saturated carbocycles. The lowest BCUT2D eigenvalue weighted by molar-refractivity contribution is -0.189. The molecule has 192 valence electrons. The topological polar surface area (TPSA) is 64.8 Å². The van der Waals surface area contributed by atoms with Crippen LogP contribution in [0.25, 0.3) is 4.85 Å². The van der Waals surface area contributed by atoms with Gasteiger partial charge in [-0.25, -0.2) is 4.85 Å². The number of carbonyl (C=O) groups excluding carboxylic acids is 3. The van der Waals surface area contributed by atoms with Gasteiger partial charge in [-0.05, 0) is 84.7 Å². The van der Waals surface area contributed by atoms with Crippen molar-refractivity contribution < 1.29 is 19.1 Å². The summed E-state index contributed by atoms with van der Waals surface area (Å²) < 4.78 is 5.39. The first-order valence-electron chi connectivity index (χ1n) is 13.4. The predicted molar refractivity (Wildman–Crippen MR) is 137 cm³/mol. The predicted octanol–water partition coefficient (Wildman–Crippen LogP) is 6.26. The maximum atomic E-state index is 14.3. The zero-order valence-electron chi connectivity index (χ0n) is 22.6. The van der Waals surface area contributed by atoms with Gasteiger partial charge in [0.05, 0.1) is 19.1 Å². The maximum absolute atomic E-state index is 14.3. The van der Waals surface area contributed by atoms with Gasteiger partial charge in [-0.15, -0.1) is 0 Å². The number of esters is 1. The summed E-state index contributed by atoms with van der Waals surface area (Å²) in [6.45, 7) is 22.9. The van der Waals surface area contributed by atoms with Gasteiger partial charge in [0, 0.05) is 11.3 Å². The van der Waals surface area contributed by atoms with E-state index in [0.717, 1.165) is 50.5 Å². The lowest BCUT2D eigenvalue weighted by Crippen LogP contribution is -2.65. The van der Waals surface area contributed by atoms with Crippen LogP contribution in [0.3, 0.4) is 0 Å². The van der Waals surface area contributed by atoms with Crippen LogP contribution in [0.4, 0.5) is 0 Å². The Hall–Kier alpha value is -2.48. The molecule has 0 aromatic rings. The molecule has 5 aliphatic rings. The zero-order valence-corrected chi connectivity index (χ0v) is 22.6. The molecule has 0 aromatic heterocycles. The van der Waals surface area contributed by atoms with E-state index in [4.69, 9.17) is 11.3 Å². The Balaban J connectivity index is 1.70. The van der Waals surface area contributed by atoms with E-state index in [2.05, 4.69) is 46.0 Å². The highest BCUT2D eigenvalue weighted by atomic mass is 16.5. The van der Waals surface area contributed by atoms with E-state index in [0.29, 0.717) is 5.57 Å². The summed E-state index contributed by atoms with van der Waals surface area (Å²) in [6, 6.07) is 0. The van der Waals surface area contributed by atoms with E-state index in [1.807, 2.05) is 12.2 Å². The Kier molecular flexibility index (Phi) is 5.26. The summed E-state index contributed by atoms with van der Waals surface area (Å²) in [4.78, 5) is 43.9. The number of Topliss-reactive ketones (excluding diaryl/α,β-unsaturated/α-hetero) is 1. The molecule has 0 bridgehead atoms. The second-order valence-electron chi connectivity index (χ2n) is 13.7. The highest BCUT2D eigenvalue weighted by Gasteiger charge is 2.70. The molecule has 36 heavy (non-hydrogen) atoms. The van der Waals surface area contributed by atoms with Gasteiger partial charge in [-0.3, -0.25) is 9.59 Å². The first-order valence-corrected chi connectivity index (χ1v) is 13.4. The van der Waals surface area contributed by atoms with Crippen molar-refractivity contribution in [3.05, 3.63) is 47.0 Å². The largest absolute Gasteiger partial charge is 0.469 e. The number of fused-ring (bicyclic) bond motifs is 7. The van der Waals surface area contributed by atoms with Crippen molar-refractivity contribution in [1.29, 1.82) is 0 Å². The second kappa shape index (κ2) is 7.53. The van der Waals surface area contributed by atoms with E-state index in [-0.39, 0.29) is 57.2 Å². The van der Waals surface area contributed by atoms with E-state index in [1.165, 1.54) is 7.11 Å². The lowest BCUT2D eigenvalue weighted by Gasteiger charge is -2.68. The molecule has 5 rings (SSSR count). The SMILES string of the molecule is [C-]#[N+]C1=C[C@]2(C)C3=CC(=O)[C@@H]4[C@@H]5CC(C)(C)CC[C@]5(C(=O)OC)CC[C@@]4(C)[C@]3(C)CC[C@H]2C(=C)C1=O. The van der Waals surface area contributed by atoms with Crippen molar-refractivity contribution >= 4 is 17.5 Å². The highest BCUT2D eigenvalue weighted by Crippen LogP contribution is 2.73. The lowest BCUT2D eigenvalue weighted by atomic mass is 9.35. The summed E-state index contributed by atoms with van der Waals surface area (Å²) in [5, 5.41) is 0. The molecule has 0 saturated heterocycles. The van der Waals surface area contributed by atoms with Crippen LogP contribution in [0, 0.1) is 51.4 Å². The fraction of sp³-hybridized carbons (Fsp3) is 0.677. The van der Waals surface area contributed by atoms with Crippen molar-refractivity contribution in [3.63, 3.8) is 0 Å². The Labute approximate surface area is 215 Å². The molecule has 5 heteroatoms. The summed E-state index contributed by atoms with van der Waals surface area (Å²) >= 11 is 0. The van der Waals surface area contributed by atoms with E-state index in [1.54, 1.807) is 0 Å². The van der Waals surface area contributed by atoms with Gasteiger partial charge in [0.25, 0.3) is 0 Å². The Bertz CT molecular complexity index is 1200. The van der Waals surface area contributed by atoms with Gasteiger partial charge in [0.2, 0.25) is 5.70 Å². The van der Waals surface area contributed by atoms with Crippen LogP contribution in [0.2, 0.25) is 0 Å². The fourth-order valence-corrected chi connectivity index (χ4v) is 9.42. The van der Waals surface area contributed by atoms with Crippen molar-refractivity contribution in [2.75, 3.05) is 7.11 Å². The molecule has 0 aliphatic heterocycles. The molecule has 0 radical (unpaired) electrons. The van der Waals surface area contributed by atoms with Gasteiger partial charge in [0.15, 0.2) is 11.6 Å². The number of carbonyl (C=O) groups is 3. The maximum Gasteiger partial charge on any atom is 0.312 e. The number of ether oxygens (including phenoxy) is 1. The molecule has 5 aliphatic carbocycles. The van der Waals surface area contributed by atoms with E-state index < -0.39 is 10.8 Å². The number of hydrogen-bond acceptors (Lipinski definition) is 4. The van der Waals surface area contributed by atoms with E-state index in [9.17, 15) is 14.4 Å². The molecule has 0 heterocycles. The zero-order chi connectivity index (χ0) is 26.5. The van der Waals surface area contributed by atoms with Crippen LogP contribution in [0.15, 0.2) is 35.6 Å². The van der Waals surface area contributed by atoms with Crippen LogP contribution >= 0.6 is 0 Å². The summed E-state index contributed by atoms with van der Waals surface area (Å²) in [7, 11) is 1.48. The summed E-state index contributed by atoms with van der Waals surface area (Å²) in [6.07, 6.45) is 9.40. The molecule has 0 amide bonds.